The second-order valence-electron chi connectivity index (χ2n) is 4.47. The van der Waals surface area contributed by atoms with E-state index in [4.69, 9.17) is 0 Å². The lowest BCUT2D eigenvalue weighted by molar-refractivity contribution is 0.325. The molecule has 13 heavy (non-hydrogen) atoms. The molecule has 0 radical (unpaired) electrons. The first-order chi connectivity index (χ1) is 6.22. The van der Waals surface area contributed by atoms with Crippen LogP contribution in [0.2, 0.25) is 0 Å². The number of hydrogen-bond acceptors (Lipinski definition) is 1. The smallest absolute Gasteiger partial charge is 0.0255 e. The van der Waals surface area contributed by atoms with Crippen LogP contribution >= 0.6 is 0 Å². The molecule has 1 aliphatic rings. The summed E-state index contributed by atoms with van der Waals surface area (Å²) in [5, 5.41) is 3.53. The maximum absolute atomic E-state index is 3.53. The first-order valence-corrected chi connectivity index (χ1v) is 5.64. The minimum absolute atomic E-state index is 0.748. The van der Waals surface area contributed by atoms with Gasteiger partial charge in [0.05, 0.1) is 0 Å². The van der Waals surface area contributed by atoms with Gasteiger partial charge in [0, 0.05) is 6.04 Å². The summed E-state index contributed by atoms with van der Waals surface area (Å²) in [5.74, 6) is 0.953. The van der Waals surface area contributed by atoms with E-state index in [1.807, 2.05) is 0 Å². The lowest BCUT2D eigenvalue weighted by atomic mass is 9.87. The normalized spacial score (nSPS) is 30.2. The van der Waals surface area contributed by atoms with Gasteiger partial charge in [-0.2, -0.15) is 0 Å². The fraction of sp³-hybridized carbons (Fsp3) is 0.833. The monoisotopic (exact) mass is 181 g/mol. The van der Waals surface area contributed by atoms with E-state index >= 15 is 0 Å². The van der Waals surface area contributed by atoms with Crippen LogP contribution in [0.15, 0.2) is 11.8 Å². The Hall–Kier alpha value is -0.460. The zero-order valence-corrected chi connectivity index (χ0v) is 9.27. The van der Waals surface area contributed by atoms with E-state index in [9.17, 15) is 0 Å². The van der Waals surface area contributed by atoms with Crippen molar-refractivity contribution in [1.29, 1.82) is 0 Å². The summed E-state index contributed by atoms with van der Waals surface area (Å²) in [7, 11) is 0. The summed E-state index contributed by atoms with van der Waals surface area (Å²) in [5.41, 5.74) is 1.46. The van der Waals surface area contributed by atoms with Crippen LogP contribution in [-0.4, -0.2) is 6.04 Å². The molecule has 0 bridgehead atoms. The van der Waals surface area contributed by atoms with Gasteiger partial charge in [0.2, 0.25) is 0 Å². The maximum atomic E-state index is 3.53. The van der Waals surface area contributed by atoms with E-state index in [0.29, 0.717) is 0 Å². The summed E-state index contributed by atoms with van der Waals surface area (Å²) in [6.07, 6.45) is 8.88. The molecule has 0 aliphatic heterocycles. The SMILES string of the molecule is CC/C(C)=C\NC1CCC(C)CC1. The van der Waals surface area contributed by atoms with Crippen molar-refractivity contribution < 1.29 is 0 Å². The number of hydrogen-bond donors (Lipinski definition) is 1. The second-order valence-corrected chi connectivity index (χ2v) is 4.47. The first kappa shape index (κ1) is 10.6. The molecule has 0 aromatic carbocycles. The molecule has 0 spiro atoms. The molecular formula is C12H23N. The Labute approximate surface area is 82.6 Å². The van der Waals surface area contributed by atoms with Gasteiger partial charge in [0.15, 0.2) is 0 Å². The van der Waals surface area contributed by atoms with Gasteiger partial charge < -0.3 is 5.32 Å². The maximum Gasteiger partial charge on any atom is 0.0255 e. The average Bonchev–Trinajstić information content (AvgIpc) is 2.16. The Morgan fingerprint density at radius 1 is 1.31 bits per heavy atom. The predicted octanol–water partition coefficient (Wildman–Crippen LogP) is 3.47. The van der Waals surface area contributed by atoms with Crippen molar-refractivity contribution in [3.63, 3.8) is 0 Å². The van der Waals surface area contributed by atoms with Crippen molar-refractivity contribution in [3.8, 4) is 0 Å². The van der Waals surface area contributed by atoms with Crippen LogP contribution in [-0.2, 0) is 0 Å². The first-order valence-electron chi connectivity index (χ1n) is 5.64. The summed E-state index contributed by atoms with van der Waals surface area (Å²) in [6, 6.07) is 0.748. The molecule has 1 heteroatoms. The van der Waals surface area contributed by atoms with Crippen molar-refractivity contribution in [2.24, 2.45) is 5.92 Å². The molecule has 0 atom stereocenters. The molecule has 0 amide bonds. The van der Waals surface area contributed by atoms with Crippen LogP contribution in [0.3, 0.4) is 0 Å². The predicted molar refractivity (Wildman–Crippen MR) is 58.6 cm³/mol. The lowest BCUT2D eigenvalue weighted by Crippen LogP contribution is -2.29. The topological polar surface area (TPSA) is 12.0 Å². The van der Waals surface area contributed by atoms with E-state index in [1.165, 1.54) is 31.3 Å². The van der Waals surface area contributed by atoms with E-state index < -0.39 is 0 Å². The van der Waals surface area contributed by atoms with E-state index in [0.717, 1.165) is 18.4 Å². The third-order valence-corrected chi connectivity index (χ3v) is 3.14. The van der Waals surface area contributed by atoms with E-state index in [-0.39, 0.29) is 0 Å². The van der Waals surface area contributed by atoms with Crippen molar-refractivity contribution in [1.82, 2.24) is 5.32 Å². The van der Waals surface area contributed by atoms with Crippen molar-refractivity contribution in [2.45, 2.75) is 58.9 Å². The molecule has 0 heterocycles. The summed E-state index contributed by atoms with van der Waals surface area (Å²) in [6.45, 7) is 6.76. The standard InChI is InChI=1S/C12H23N/c1-4-10(2)9-13-12-7-5-11(3)6-8-12/h9,11-13H,4-8H2,1-3H3/b10-9-. The van der Waals surface area contributed by atoms with Gasteiger partial charge in [-0.15, -0.1) is 0 Å². The van der Waals surface area contributed by atoms with Crippen LogP contribution in [0.1, 0.15) is 52.9 Å². The molecule has 0 aromatic rings. The molecule has 1 N–H and O–H groups in total. The Kier molecular flexibility index (Phi) is 4.34. The highest BCUT2D eigenvalue weighted by atomic mass is 14.9. The molecule has 1 saturated carbocycles. The third-order valence-electron chi connectivity index (χ3n) is 3.14. The molecule has 1 aliphatic carbocycles. The van der Waals surface area contributed by atoms with Gasteiger partial charge in [-0.3, -0.25) is 0 Å². The number of allylic oxidation sites excluding steroid dienone is 1. The second kappa shape index (κ2) is 5.31. The molecule has 1 fully saturated rings. The van der Waals surface area contributed by atoms with Crippen LogP contribution < -0.4 is 5.32 Å². The molecular weight excluding hydrogens is 158 g/mol. The fourth-order valence-corrected chi connectivity index (χ4v) is 1.79. The Balaban J connectivity index is 2.23. The van der Waals surface area contributed by atoms with Gasteiger partial charge in [-0.25, -0.2) is 0 Å². The number of rotatable bonds is 3. The Morgan fingerprint density at radius 3 is 2.46 bits per heavy atom. The lowest BCUT2D eigenvalue weighted by Gasteiger charge is -2.26. The Bertz CT molecular complexity index is 164. The zero-order valence-electron chi connectivity index (χ0n) is 9.27. The molecule has 1 nitrogen and oxygen atoms in total. The Morgan fingerprint density at radius 2 is 1.92 bits per heavy atom. The third kappa shape index (κ3) is 3.84. The summed E-state index contributed by atoms with van der Waals surface area (Å²) < 4.78 is 0. The fourth-order valence-electron chi connectivity index (χ4n) is 1.79. The molecule has 0 aromatic heterocycles. The average molecular weight is 181 g/mol. The van der Waals surface area contributed by atoms with Gasteiger partial charge in [-0.1, -0.05) is 19.4 Å². The van der Waals surface area contributed by atoms with Gasteiger partial charge in [0.25, 0.3) is 0 Å². The van der Waals surface area contributed by atoms with Crippen molar-refractivity contribution >= 4 is 0 Å². The van der Waals surface area contributed by atoms with E-state index in [2.05, 4.69) is 32.3 Å². The minimum Gasteiger partial charge on any atom is -0.388 e. The molecule has 1 rings (SSSR count). The molecule has 0 saturated heterocycles. The summed E-state index contributed by atoms with van der Waals surface area (Å²) >= 11 is 0. The van der Waals surface area contributed by atoms with Crippen LogP contribution in [0.25, 0.3) is 0 Å². The van der Waals surface area contributed by atoms with Gasteiger partial charge >= 0.3 is 0 Å². The minimum atomic E-state index is 0.748. The van der Waals surface area contributed by atoms with Crippen molar-refractivity contribution in [2.75, 3.05) is 0 Å². The zero-order chi connectivity index (χ0) is 9.68. The van der Waals surface area contributed by atoms with Gasteiger partial charge in [0.1, 0.15) is 0 Å². The molecule has 0 unspecified atom stereocenters. The van der Waals surface area contributed by atoms with Crippen LogP contribution in [0.5, 0.6) is 0 Å². The molecule has 76 valence electrons. The summed E-state index contributed by atoms with van der Waals surface area (Å²) in [4.78, 5) is 0. The highest BCUT2D eigenvalue weighted by molar-refractivity contribution is 4.96. The van der Waals surface area contributed by atoms with Gasteiger partial charge in [-0.05, 0) is 51.1 Å². The van der Waals surface area contributed by atoms with Crippen LogP contribution in [0, 0.1) is 5.92 Å². The highest BCUT2D eigenvalue weighted by Gasteiger charge is 2.16. The quantitative estimate of drug-likeness (QED) is 0.703. The van der Waals surface area contributed by atoms with E-state index in [1.54, 1.807) is 0 Å². The number of nitrogens with one attached hydrogen (secondary N) is 1. The highest BCUT2D eigenvalue weighted by Crippen LogP contribution is 2.23. The van der Waals surface area contributed by atoms with Crippen LogP contribution in [0.4, 0.5) is 0 Å². The van der Waals surface area contributed by atoms with Crippen molar-refractivity contribution in [3.05, 3.63) is 11.8 Å². The largest absolute Gasteiger partial charge is 0.388 e.